The molecule has 3 aromatic rings. The number of hydrogen-bond donors (Lipinski definition) is 0. The molecule has 2 aliphatic heterocycles. The lowest BCUT2D eigenvalue weighted by Gasteiger charge is -2.44. The molecule has 25 heavy (non-hydrogen) atoms. The fraction of sp³-hybridized carbons (Fsp3) is 0.0833. The highest BCUT2D eigenvalue weighted by molar-refractivity contribution is 5.97. The molecule has 0 amide bonds. The molecule has 1 atom stereocenters. The van der Waals surface area contributed by atoms with E-state index >= 15 is 0 Å². The van der Waals surface area contributed by atoms with Gasteiger partial charge in [-0.25, -0.2) is 0 Å². The van der Waals surface area contributed by atoms with Crippen LogP contribution in [0.1, 0.15) is 23.6 Å². The van der Waals surface area contributed by atoms with E-state index in [0.29, 0.717) is 0 Å². The smallest absolute Gasteiger partial charge is 0.0854 e. The SMILES string of the molecule is C1=CC2=C(C1)c1ccccc1N1c3ccccc3-c3ccccc3C21. The molecular formula is C24H17N. The van der Waals surface area contributed by atoms with Crippen molar-refractivity contribution < 1.29 is 0 Å². The summed E-state index contributed by atoms with van der Waals surface area (Å²) in [4.78, 5) is 2.54. The van der Waals surface area contributed by atoms with Crippen molar-refractivity contribution in [1.29, 1.82) is 0 Å². The Kier molecular flexibility index (Phi) is 2.51. The van der Waals surface area contributed by atoms with Crippen molar-refractivity contribution >= 4 is 16.9 Å². The third kappa shape index (κ3) is 1.63. The maximum absolute atomic E-state index is 2.54. The maximum atomic E-state index is 2.54. The second kappa shape index (κ2) is 4.73. The van der Waals surface area contributed by atoms with Crippen molar-refractivity contribution in [1.82, 2.24) is 0 Å². The predicted octanol–water partition coefficient (Wildman–Crippen LogP) is 6.27. The van der Waals surface area contributed by atoms with E-state index in [4.69, 9.17) is 0 Å². The molecule has 2 heterocycles. The molecule has 6 rings (SSSR count). The van der Waals surface area contributed by atoms with Crippen molar-refractivity contribution in [2.24, 2.45) is 0 Å². The van der Waals surface area contributed by atoms with E-state index in [9.17, 15) is 0 Å². The monoisotopic (exact) mass is 319 g/mol. The normalized spacial score (nSPS) is 19.0. The van der Waals surface area contributed by atoms with Crippen LogP contribution in [0.15, 0.2) is 90.5 Å². The number of benzene rings is 3. The molecule has 3 aromatic carbocycles. The summed E-state index contributed by atoms with van der Waals surface area (Å²) in [6, 6.07) is 26.8. The number of allylic oxidation sites excluding steroid dienone is 2. The molecule has 0 fully saturated rings. The van der Waals surface area contributed by atoms with Gasteiger partial charge in [0.15, 0.2) is 0 Å². The summed E-state index contributed by atoms with van der Waals surface area (Å²) in [7, 11) is 0. The Labute approximate surface area is 147 Å². The van der Waals surface area contributed by atoms with Gasteiger partial charge in [0.1, 0.15) is 0 Å². The Morgan fingerprint density at radius 1 is 0.680 bits per heavy atom. The van der Waals surface area contributed by atoms with Gasteiger partial charge in [0, 0.05) is 22.5 Å². The van der Waals surface area contributed by atoms with Crippen molar-refractivity contribution in [2.75, 3.05) is 4.90 Å². The molecule has 0 aromatic heterocycles. The van der Waals surface area contributed by atoms with Gasteiger partial charge in [-0.05, 0) is 40.8 Å². The summed E-state index contributed by atoms with van der Waals surface area (Å²) < 4.78 is 0. The van der Waals surface area contributed by atoms with Crippen LogP contribution in [0, 0.1) is 0 Å². The van der Waals surface area contributed by atoms with E-state index in [1.165, 1.54) is 44.8 Å². The summed E-state index contributed by atoms with van der Waals surface area (Å²) in [6.07, 6.45) is 5.70. The van der Waals surface area contributed by atoms with Crippen molar-refractivity contribution in [3.05, 3.63) is 102 Å². The second-order valence-corrected chi connectivity index (χ2v) is 6.93. The summed E-state index contributed by atoms with van der Waals surface area (Å²) in [5.41, 5.74) is 11.1. The fourth-order valence-corrected chi connectivity index (χ4v) is 4.73. The molecule has 1 nitrogen and oxygen atoms in total. The van der Waals surface area contributed by atoms with Crippen LogP contribution < -0.4 is 4.90 Å². The molecule has 1 heteroatoms. The molecular weight excluding hydrogens is 302 g/mol. The van der Waals surface area contributed by atoms with Gasteiger partial charge in [0.05, 0.1) is 6.04 Å². The zero-order valence-corrected chi connectivity index (χ0v) is 13.8. The first kappa shape index (κ1) is 13.3. The summed E-state index contributed by atoms with van der Waals surface area (Å²) in [5.74, 6) is 0. The zero-order valence-electron chi connectivity index (χ0n) is 13.8. The van der Waals surface area contributed by atoms with E-state index in [0.717, 1.165) is 6.42 Å². The number of nitrogens with zero attached hydrogens (tertiary/aromatic N) is 1. The minimum Gasteiger partial charge on any atom is -0.329 e. The maximum Gasteiger partial charge on any atom is 0.0854 e. The lowest BCUT2D eigenvalue weighted by atomic mass is 9.79. The Morgan fingerprint density at radius 2 is 1.32 bits per heavy atom. The van der Waals surface area contributed by atoms with E-state index < -0.39 is 0 Å². The third-order valence-corrected chi connectivity index (χ3v) is 5.72. The van der Waals surface area contributed by atoms with Crippen LogP contribution in [0.25, 0.3) is 16.7 Å². The number of hydrogen-bond acceptors (Lipinski definition) is 1. The molecule has 1 unspecified atom stereocenters. The van der Waals surface area contributed by atoms with Gasteiger partial charge >= 0.3 is 0 Å². The van der Waals surface area contributed by atoms with Crippen LogP contribution >= 0.6 is 0 Å². The first-order chi connectivity index (χ1) is 12.4. The van der Waals surface area contributed by atoms with Crippen LogP contribution in [-0.2, 0) is 0 Å². The molecule has 0 N–H and O–H groups in total. The van der Waals surface area contributed by atoms with E-state index in [2.05, 4.69) is 89.8 Å². The van der Waals surface area contributed by atoms with Crippen LogP contribution in [0.4, 0.5) is 11.4 Å². The van der Waals surface area contributed by atoms with E-state index in [1.54, 1.807) is 0 Å². The molecule has 0 radical (unpaired) electrons. The Morgan fingerprint density at radius 3 is 2.16 bits per heavy atom. The standard InChI is InChI=1S/C24H17N/c1-2-11-20-16(8-1)18-9-3-5-14-22(18)25-23-15-6-4-10-19(23)17-12-7-13-21(17)24(20)25/h1-11,13-15,24H,12H2. The van der Waals surface area contributed by atoms with Gasteiger partial charge in [0.2, 0.25) is 0 Å². The first-order valence-electron chi connectivity index (χ1n) is 8.90. The number of fused-ring (bicyclic) bond motifs is 10. The van der Waals surface area contributed by atoms with Gasteiger partial charge in [-0.2, -0.15) is 0 Å². The highest BCUT2D eigenvalue weighted by Crippen LogP contribution is 2.57. The Balaban J connectivity index is 1.76. The molecule has 0 saturated heterocycles. The highest BCUT2D eigenvalue weighted by atomic mass is 15.2. The zero-order chi connectivity index (χ0) is 16.4. The number of rotatable bonds is 0. The second-order valence-electron chi connectivity index (χ2n) is 6.93. The topological polar surface area (TPSA) is 3.24 Å². The van der Waals surface area contributed by atoms with Crippen LogP contribution in [0.3, 0.4) is 0 Å². The van der Waals surface area contributed by atoms with E-state index in [1.807, 2.05) is 0 Å². The predicted molar refractivity (Wildman–Crippen MR) is 104 cm³/mol. The largest absolute Gasteiger partial charge is 0.329 e. The summed E-state index contributed by atoms with van der Waals surface area (Å²) >= 11 is 0. The van der Waals surface area contributed by atoms with Gasteiger partial charge in [0.25, 0.3) is 0 Å². The Hall–Kier alpha value is -3.06. The number of anilines is 2. The third-order valence-electron chi connectivity index (χ3n) is 5.72. The fourth-order valence-electron chi connectivity index (χ4n) is 4.73. The van der Waals surface area contributed by atoms with Crippen molar-refractivity contribution in [3.8, 4) is 11.1 Å². The van der Waals surface area contributed by atoms with Crippen LogP contribution in [0.5, 0.6) is 0 Å². The molecule has 1 aliphatic carbocycles. The van der Waals surface area contributed by atoms with Gasteiger partial charge < -0.3 is 4.90 Å². The van der Waals surface area contributed by atoms with Crippen LogP contribution in [-0.4, -0.2) is 0 Å². The van der Waals surface area contributed by atoms with Crippen molar-refractivity contribution in [2.45, 2.75) is 12.5 Å². The van der Waals surface area contributed by atoms with Gasteiger partial charge in [-0.1, -0.05) is 72.8 Å². The summed E-state index contributed by atoms with van der Waals surface area (Å²) in [6.45, 7) is 0. The van der Waals surface area contributed by atoms with Crippen molar-refractivity contribution in [3.63, 3.8) is 0 Å². The van der Waals surface area contributed by atoms with Crippen LogP contribution in [0.2, 0.25) is 0 Å². The lowest BCUT2D eigenvalue weighted by Crippen LogP contribution is -2.32. The van der Waals surface area contributed by atoms with E-state index in [-0.39, 0.29) is 6.04 Å². The average Bonchev–Trinajstić information content (AvgIpc) is 3.17. The quantitative estimate of drug-likeness (QED) is 0.472. The molecule has 3 aliphatic rings. The molecule has 0 spiro atoms. The summed E-state index contributed by atoms with van der Waals surface area (Å²) in [5, 5.41) is 0. The molecule has 0 bridgehead atoms. The molecule has 118 valence electrons. The minimum absolute atomic E-state index is 0.273. The minimum atomic E-state index is 0.273. The van der Waals surface area contributed by atoms with Gasteiger partial charge in [-0.15, -0.1) is 0 Å². The lowest BCUT2D eigenvalue weighted by molar-refractivity contribution is 0.802. The van der Waals surface area contributed by atoms with Gasteiger partial charge in [-0.3, -0.25) is 0 Å². The molecule has 0 saturated carbocycles. The Bertz CT molecular complexity index is 1090. The average molecular weight is 319 g/mol. The highest BCUT2D eigenvalue weighted by Gasteiger charge is 2.39. The first-order valence-corrected chi connectivity index (χ1v) is 8.90. The number of para-hydroxylation sites is 2.